The van der Waals surface area contributed by atoms with E-state index in [4.69, 9.17) is 22.3 Å². The number of carbonyl (C=O) groups excluding carboxylic acids is 3. The summed E-state index contributed by atoms with van der Waals surface area (Å²) in [6.07, 6.45) is -0.296. The fourth-order valence-corrected chi connectivity index (χ4v) is 2.82. The summed E-state index contributed by atoms with van der Waals surface area (Å²) in [6, 6.07) is -4.94. The number of hydrogen-bond donors (Lipinski definition) is 9. The van der Waals surface area contributed by atoms with Gasteiger partial charge in [-0.15, -0.1) is 0 Å². The van der Waals surface area contributed by atoms with E-state index in [1.54, 1.807) is 13.8 Å². The number of nitrogens with one attached hydrogen (secondary N) is 3. The van der Waals surface area contributed by atoms with Crippen molar-refractivity contribution in [3.8, 4) is 0 Å². The second-order valence-corrected chi connectivity index (χ2v) is 7.89. The van der Waals surface area contributed by atoms with Crippen LogP contribution in [0.1, 0.15) is 33.1 Å². The van der Waals surface area contributed by atoms with Gasteiger partial charge in [-0.05, 0) is 18.8 Å². The molecular formula is C18H33N7O7S. The highest BCUT2D eigenvalue weighted by molar-refractivity contribution is 7.80. The van der Waals surface area contributed by atoms with Gasteiger partial charge in [0.2, 0.25) is 17.7 Å². The molecule has 4 atom stereocenters. The molecule has 14 nitrogen and oxygen atoms in total. The van der Waals surface area contributed by atoms with Gasteiger partial charge in [0.25, 0.3) is 0 Å². The predicted molar refractivity (Wildman–Crippen MR) is 122 cm³/mol. The van der Waals surface area contributed by atoms with Crippen LogP contribution in [0.3, 0.4) is 0 Å². The van der Waals surface area contributed by atoms with Crippen LogP contribution < -0.4 is 33.2 Å². The summed E-state index contributed by atoms with van der Waals surface area (Å²) in [5, 5.41) is 25.2. The Morgan fingerprint density at radius 2 is 1.52 bits per heavy atom. The summed E-state index contributed by atoms with van der Waals surface area (Å²) in [5.41, 5.74) is 15.9. The first kappa shape index (κ1) is 29.9. The molecule has 0 heterocycles. The summed E-state index contributed by atoms with van der Waals surface area (Å²) >= 11 is 4.00. The van der Waals surface area contributed by atoms with Crippen molar-refractivity contribution in [1.82, 2.24) is 16.0 Å². The number of thiol groups is 1. The summed E-state index contributed by atoms with van der Waals surface area (Å²) in [4.78, 5) is 63.2. The fraction of sp³-hybridized carbons (Fsp3) is 0.667. The first-order chi connectivity index (χ1) is 15.3. The van der Waals surface area contributed by atoms with Crippen LogP contribution in [0.5, 0.6) is 0 Å². The number of hydrogen-bond acceptors (Lipinski definition) is 8. The molecule has 15 heteroatoms. The van der Waals surface area contributed by atoms with Gasteiger partial charge in [-0.3, -0.25) is 24.2 Å². The van der Waals surface area contributed by atoms with Crippen molar-refractivity contribution in [2.45, 2.75) is 57.3 Å². The van der Waals surface area contributed by atoms with E-state index in [2.05, 4.69) is 33.6 Å². The maximum atomic E-state index is 12.7. The molecule has 0 radical (unpaired) electrons. The van der Waals surface area contributed by atoms with E-state index in [-0.39, 0.29) is 31.1 Å². The highest BCUT2D eigenvalue weighted by Gasteiger charge is 2.31. The second kappa shape index (κ2) is 14.9. The molecule has 3 amide bonds. The zero-order valence-electron chi connectivity index (χ0n) is 18.5. The minimum atomic E-state index is -1.38. The fourth-order valence-electron chi connectivity index (χ4n) is 2.56. The van der Waals surface area contributed by atoms with Gasteiger partial charge < -0.3 is 43.4 Å². The highest BCUT2D eigenvalue weighted by Crippen LogP contribution is 2.06. The Morgan fingerprint density at radius 1 is 0.939 bits per heavy atom. The van der Waals surface area contributed by atoms with Crippen molar-refractivity contribution in [3.05, 3.63) is 0 Å². The number of carboxylic acids is 2. The number of amides is 3. The molecule has 0 saturated heterocycles. The second-order valence-electron chi connectivity index (χ2n) is 7.53. The number of rotatable bonds is 15. The Kier molecular flexibility index (Phi) is 13.5. The molecule has 0 aromatic heterocycles. The Balaban J connectivity index is 5.15. The van der Waals surface area contributed by atoms with Crippen molar-refractivity contribution in [2.75, 3.05) is 12.3 Å². The first-order valence-electron chi connectivity index (χ1n) is 10.1. The lowest BCUT2D eigenvalue weighted by molar-refractivity contribution is -0.142. The number of aliphatic carboxylic acids is 2. The topological polar surface area (TPSA) is 252 Å². The summed E-state index contributed by atoms with van der Waals surface area (Å²) in [6.45, 7) is 3.45. The van der Waals surface area contributed by atoms with E-state index in [0.717, 1.165) is 0 Å². The minimum Gasteiger partial charge on any atom is -0.481 e. The SMILES string of the molecule is CC(C)C(NC(=O)C(CS)NC(=O)C(N)CC(=O)O)C(=O)NC(CCCN=C(N)N)C(=O)O. The zero-order valence-corrected chi connectivity index (χ0v) is 19.4. The smallest absolute Gasteiger partial charge is 0.326 e. The molecule has 0 aromatic carbocycles. The van der Waals surface area contributed by atoms with Gasteiger partial charge in [0.05, 0.1) is 12.5 Å². The van der Waals surface area contributed by atoms with Crippen LogP contribution in [0.2, 0.25) is 0 Å². The van der Waals surface area contributed by atoms with E-state index in [9.17, 15) is 29.1 Å². The third-order valence-electron chi connectivity index (χ3n) is 4.35. The summed E-state index contributed by atoms with van der Waals surface area (Å²) in [7, 11) is 0. The normalized spacial score (nSPS) is 14.3. The van der Waals surface area contributed by atoms with Gasteiger partial charge in [0, 0.05) is 12.3 Å². The molecule has 188 valence electrons. The largest absolute Gasteiger partial charge is 0.481 e. The molecule has 0 rings (SSSR count). The Labute approximate surface area is 196 Å². The van der Waals surface area contributed by atoms with Crippen molar-refractivity contribution in [2.24, 2.45) is 28.1 Å². The van der Waals surface area contributed by atoms with Gasteiger partial charge in [0.1, 0.15) is 18.1 Å². The predicted octanol–water partition coefficient (Wildman–Crippen LogP) is -3.03. The van der Waals surface area contributed by atoms with E-state index in [0.29, 0.717) is 0 Å². The number of aliphatic imine (C=N–C) groups is 1. The molecule has 11 N–H and O–H groups in total. The molecule has 4 unspecified atom stereocenters. The number of guanidine groups is 1. The van der Waals surface area contributed by atoms with Crippen LogP contribution in [0.25, 0.3) is 0 Å². The van der Waals surface area contributed by atoms with Crippen LogP contribution in [0.15, 0.2) is 4.99 Å². The molecule has 0 saturated carbocycles. The molecule has 0 aliphatic heterocycles. The Hall–Kier alpha value is -3.07. The van der Waals surface area contributed by atoms with E-state index in [1.807, 2.05) is 0 Å². The average Bonchev–Trinajstić information content (AvgIpc) is 2.70. The van der Waals surface area contributed by atoms with Gasteiger partial charge >= 0.3 is 11.9 Å². The molecule has 0 aliphatic rings. The minimum absolute atomic E-state index is 0.0490. The van der Waals surface area contributed by atoms with Gasteiger partial charge in [-0.1, -0.05) is 13.8 Å². The van der Waals surface area contributed by atoms with E-state index >= 15 is 0 Å². The lowest BCUT2D eigenvalue weighted by Crippen LogP contribution is -2.59. The molecular weight excluding hydrogens is 458 g/mol. The monoisotopic (exact) mass is 491 g/mol. The van der Waals surface area contributed by atoms with Crippen LogP contribution in [-0.2, 0) is 24.0 Å². The molecule has 0 bridgehead atoms. The van der Waals surface area contributed by atoms with Crippen molar-refractivity contribution in [3.63, 3.8) is 0 Å². The van der Waals surface area contributed by atoms with Gasteiger partial charge in [-0.2, -0.15) is 12.6 Å². The Morgan fingerprint density at radius 3 is 1.97 bits per heavy atom. The molecule has 0 spiro atoms. The van der Waals surface area contributed by atoms with Crippen LogP contribution in [0.4, 0.5) is 0 Å². The quantitative estimate of drug-likeness (QED) is 0.0484. The zero-order chi connectivity index (χ0) is 25.7. The molecule has 33 heavy (non-hydrogen) atoms. The van der Waals surface area contributed by atoms with Crippen LogP contribution in [-0.4, -0.2) is 82.3 Å². The lowest BCUT2D eigenvalue weighted by atomic mass is 10.0. The van der Waals surface area contributed by atoms with Crippen molar-refractivity contribution < 1.29 is 34.2 Å². The molecule has 0 aliphatic carbocycles. The third-order valence-corrected chi connectivity index (χ3v) is 4.72. The highest BCUT2D eigenvalue weighted by atomic mass is 32.1. The summed E-state index contributed by atoms with van der Waals surface area (Å²) < 4.78 is 0. The summed E-state index contributed by atoms with van der Waals surface area (Å²) in [5.74, 6) is -5.66. The maximum Gasteiger partial charge on any atom is 0.326 e. The van der Waals surface area contributed by atoms with Gasteiger partial charge in [-0.25, -0.2) is 4.79 Å². The van der Waals surface area contributed by atoms with Crippen molar-refractivity contribution >= 4 is 48.2 Å². The van der Waals surface area contributed by atoms with E-state index < -0.39 is 66.2 Å². The first-order valence-corrected chi connectivity index (χ1v) is 10.7. The van der Waals surface area contributed by atoms with Crippen molar-refractivity contribution in [1.29, 1.82) is 0 Å². The number of carboxylic acid groups (broad SMARTS) is 2. The lowest BCUT2D eigenvalue weighted by Gasteiger charge is -2.26. The third kappa shape index (κ3) is 11.9. The van der Waals surface area contributed by atoms with Crippen LogP contribution in [0, 0.1) is 5.92 Å². The molecule has 0 fully saturated rings. The number of carbonyl (C=O) groups is 5. The molecule has 0 aromatic rings. The standard InChI is InChI=1S/C18H33N7O7S/c1-8(2)13(16(30)23-10(17(31)32)4-3-5-22-18(20)21)25-15(29)11(7-33)24-14(28)9(19)6-12(26)27/h8-11,13,33H,3-7,19H2,1-2H3,(H,23,30)(H,24,28)(H,25,29)(H,26,27)(H,31,32)(H4,20,21,22). The number of nitrogens with two attached hydrogens (primary N) is 3. The van der Waals surface area contributed by atoms with Gasteiger partial charge in [0.15, 0.2) is 5.96 Å². The maximum absolute atomic E-state index is 12.7. The van der Waals surface area contributed by atoms with Crippen LogP contribution >= 0.6 is 12.6 Å². The Bertz CT molecular complexity index is 744. The van der Waals surface area contributed by atoms with E-state index in [1.165, 1.54) is 0 Å². The number of nitrogens with zero attached hydrogens (tertiary/aromatic N) is 1. The average molecular weight is 492 g/mol.